The van der Waals surface area contributed by atoms with E-state index in [1.807, 2.05) is 74.5 Å². The first-order valence-electron chi connectivity index (χ1n) is 19.0. The molecule has 0 aliphatic heterocycles. The maximum absolute atomic E-state index is 14.6. The first kappa shape index (κ1) is 34.7. The van der Waals surface area contributed by atoms with Gasteiger partial charge in [0.2, 0.25) is 17.7 Å². The third-order valence-electron chi connectivity index (χ3n) is 13.6. The van der Waals surface area contributed by atoms with Crippen LogP contribution in [0.4, 0.5) is 0 Å². The predicted molar refractivity (Wildman–Crippen MR) is 190 cm³/mol. The molecule has 7 rings (SSSR count). The zero-order valence-corrected chi connectivity index (χ0v) is 29.8. The number of benzene rings is 2. The van der Waals surface area contributed by atoms with E-state index in [9.17, 15) is 19.2 Å². The summed E-state index contributed by atoms with van der Waals surface area (Å²) in [5.41, 5.74) is 7.45. The highest BCUT2D eigenvalue weighted by atomic mass is 16.5. The quantitative estimate of drug-likeness (QED) is 0.224. The van der Waals surface area contributed by atoms with E-state index in [-0.39, 0.29) is 52.5 Å². The molecule has 2 aromatic carbocycles. The first-order valence-corrected chi connectivity index (χ1v) is 19.0. The number of nitrogens with one attached hydrogen (secondary N) is 3. The third kappa shape index (κ3) is 6.03. The van der Waals surface area contributed by atoms with Crippen molar-refractivity contribution in [2.75, 3.05) is 7.11 Å². The molecule has 0 saturated heterocycles. The van der Waals surface area contributed by atoms with E-state index >= 15 is 0 Å². The fraction of sp³-hybridized carbons (Fsp3) is 0.610. The Labute approximate surface area is 296 Å². The van der Waals surface area contributed by atoms with Crippen molar-refractivity contribution >= 4 is 23.7 Å². The number of ether oxygens (including phenoxy) is 1. The number of esters is 1. The van der Waals surface area contributed by atoms with Crippen LogP contribution in [-0.2, 0) is 30.3 Å². The van der Waals surface area contributed by atoms with Crippen LogP contribution in [-0.4, -0.2) is 54.0 Å². The summed E-state index contributed by atoms with van der Waals surface area (Å²) in [5.74, 6) is -0.825. The van der Waals surface area contributed by atoms with Crippen LogP contribution in [0.25, 0.3) is 0 Å². The number of carbonyl (C=O) groups excluding carboxylic acids is 4. The van der Waals surface area contributed by atoms with Gasteiger partial charge in [0.25, 0.3) is 0 Å². The lowest BCUT2D eigenvalue weighted by molar-refractivity contribution is -0.146. The van der Waals surface area contributed by atoms with Gasteiger partial charge in [-0.1, -0.05) is 87.4 Å². The molecular formula is C41H54N4O5. The zero-order valence-electron chi connectivity index (χ0n) is 29.8. The Hall–Kier alpha value is -3.72. The predicted octanol–water partition coefficient (Wildman–Crippen LogP) is 4.78. The van der Waals surface area contributed by atoms with Gasteiger partial charge in [-0.2, -0.15) is 0 Å². The van der Waals surface area contributed by atoms with Crippen LogP contribution >= 0.6 is 0 Å². The van der Waals surface area contributed by atoms with Crippen molar-refractivity contribution < 1.29 is 23.9 Å². The summed E-state index contributed by atoms with van der Waals surface area (Å²) >= 11 is 0. The molecule has 5 saturated carbocycles. The van der Waals surface area contributed by atoms with Crippen LogP contribution in [0.2, 0.25) is 0 Å². The topological polar surface area (TPSA) is 140 Å². The van der Waals surface area contributed by atoms with Gasteiger partial charge in [0.15, 0.2) is 0 Å². The average molecular weight is 683 g/mol. The van der Waals surface area contributed by atoms with Crippen molar-refractivity contribution in [3.63, 3.8) is 0 Å². The summed E-state index contributed by atoms with van der Waals surface area (Å²) in [7, 11) is 1.33. The van der Waals surface area contributed by atoms with Crippen LogP contribution in [0.5, 0.6) is 0 Å². The first-order chi connectivity index (χ1) is 24.1. The molecule has 11 atom stereocenters. The van der Waals surface area contributed by atoms with E-state index < -0.39 is 23.5 Å². The molecule has 2 unspecified atom stereocenters. The van der Waals surface area contributed by atoms with Crippen molar-refractivity contribution in [2.45, 2.75) is 114 Å². The summed E-state index contributed by atoms with van der Waals surface area (Å²) in [6, 6.07) is 18.5. The maximum Gasteiger partial charge on any atom is 0.328 e. The maximum atomic E-state index is 14.6. The Bertz CT molecular complexity index is 1600. The van der Waals surface area contributed by atoms with Gasteiger partial charge in [0, 0.05) is 41.2 Å². The second-order valence-electron chi connectivity index (χ2n) is 16.1. The average Bonchev–Trinajstić information content (AvgIpc) is 4.06. The Morgan fingerprint density at radius 2 is 1.56 bits per heavy atom. The highest BCUT2D eigenvalue weighted by molar-refractivity contribution is 5.97. The molecule has 0 aromatic heterocycles. The Balaban J connectivity index is 1.08. The normalized spacial score (nSPS) is 35.2. The fourth-order valence-electron chi connectivity index (χ4n) is 10.5. The molecule has 5 fully saturated rings. The zero-order chi connectivity index (χ0) is 35.3. The molecule has 9 heteroatoms. The third-order valence-corrected chi connectivity index (χ3v) is 13.6. The molecule has 0 spiro atoms. The SMILES string of the molecule is CC[C@@H](C(=O)N[C@H](Cc1ccccc1)C(=O)OC)[C@H]1CCCC[C@H]1NC(=O)C1(NC(=O)[C@H](C)[C@]23C[C@H]2CC[C@H]2C[C@]23N)CC1c1ccccc1. The molecule has 5 aliphatic carbocycles. The van der Waals surface area contributed by atoms with E-state index in [0.29, 0.717) is 31.1 Å². The number of methoxy groups -OCH3 is 1. The van der Waals surface area contributed by atoms with Gasteiger partial charge in [-0.25, -0.2) is 4.79 Å². The van der Waals surface area contributed by atoms with E-state index in [1.54, 1.807) is 0 Å². The van der Waals surface area contributed by atoms with E-state index in [4.69, 9.17) is 10.5 Å². The van der Waals surface area contributed by atoms with Crippen LogP contribution in [0, 0.1) is 35.0 Å². The van der Waals surface area contributed by atoms with Gasteiger partial charge in [0.05, 0.1) is 7.11 Å². The molecule has 268 valence electrons. The minimum atomic E-state index is -1.05. The van der Waals surface area contributed by atoms with Gasteiger partial charge in [0.1, 0.15) is 11.6 Å². The summed E-state index contributed by atoms with van der Waals surface area (Å²) in [6.45, 7) is 4.01. The summed E-state index contributed by atoms with van der Waals surface area (Å²) in [6.07, 6.45) is 9.19. The van der Waals surface area contributed by atoms with Gasteiger partial charge in [-0.05, 0) is 80.2 Å². The lowest BCUT2D eigenvalue weighted by Crippen LogP contribution is -2.58. The molecule has 5 N–H and O–H groups in total. The molecule has 0 radical (unpaired) electrons. The molecule has 5 aliphatic rings. The van der Waals surface area contributed by atoms with Crippen molar-refractivity contribution in [3.8, 4) is 0 Å². The number of fused-ring (bicyclic) bond motifs is 3. The smallest absolute Gasteiger partial charge is 0.328 e. The highest BCUT2D eigenvalue weighted by Crippen LogP contribution is 2.77. The molecule has 3 amide bonds. The van der Waals surface area contributed by atoms with E-state index in [0.717, 1.165) is 62.5 Å². The lowest BCUT2D eigenvalue weighted by Gasteiger charge is -2.38. The summed E-state index contributed by atoms with van der Waals surface area (Å²) in [4.78, 5) is 55.5. The molecule has 0 heterocycles. The number of nitrogens with two attached hydrogens (primary N) is 1. The number of carbonyl (C=O) groups is 4. The number of hydrogen-bond acceptors (Lipinski definition) is 6. The van der Waals surface area contributed by atoms with Crippen molar-refractivity contribution in [1.29, 1.82) is 0 Å². The number of amides is 3. The number of rotatable bonds is 13. The second-order valence-corrected chi connectivity index (χ2v) is 16.1. The van der Waals surface area contributed by atoms with Gasteiger partial charge < -0.3 is 26.4 Å². The Kier molecular flexibility index (Phi) is 9.33. The molecule has 9 nitrogen and oxygen atoms in total. The Morgan fingerprint density at radius 3 is 2.26 bits per heavy atom. The van der Waals surface area contributed by atoms with Crippen LogP contribution in [0.1, 0.15) is 95.1 Å². The van der Waals surface area contributed by atoms with Crippen LogP contribution in [0.3, 0.4) is 0 Å². The minimum absolute atomic E-state index is 0.0725. The van der Waals surface area contributed by atoms with E-state index in [2.05, 4.69) is 16.0 Å². The van der Waals surface area contributed by atoms with Crippen LogP contribution in [0.15, 0.2) is 60.7 Å². The van der Waals surface area contributed by atoms with Gasteiger partial charge >= 0.3 is 5.97 Å². The molecule has 50 heavy (non-hydrogen) atoms. The molecular weight excluding hydrogens is 628 g/mol. The largest absolute Gasteiger partial charge is 0.467 e. The van der Waals surface area contributed by atoms with Crippen molar-refractivity contribution in [2.24, 2.45) is 40.7 Å². The number of hydrogen-bond donors (Lipinski definition) is 4. The molecule has 2 aromatic rings. The summed E-state index contributed by atoms with van der Waals surface area (Å²) in [5, 5.41) is 9.71. The van der Waals surface area contributed by atoms with Crippen molar-refractivity contribution in [3.05, 3.63) is 71.8 Å². The Morgan fingerprint density at radius 1 is 0.880 bits per heavy atom. The standard InChI is InChI=1S/C41H54N4O5/c1-4-30(36(47)43-34(37(48)50-3)21-26-13-7-5-8-14-26)31-17-11-12-18-33(31)44-38(49)40(24-32(40)27-15-9-6-10-16-27)45-35(46)25(2)39-22-28(39)19-20-29-23-41(29,39)42/h5-10,13-16,25,28-34H,4,11-12,17-24,42H2,1-3H3,(H,43,47)(H,44,49)(H,45,46)/t25-,28+,29-,30+,31+,32?,33+,34+,39+,40?,41-/m0/s1. The minimum Gasteiger partial charge on any atom is -0.467 e. The lowest BCUT2D eigenvalue weighted by atomic mass is 9.74. The fourth-order valence-corrected chi connectivity index (χ4v) is 10.5. The van der Waals surface area contributed by atoms with E-state index in [1.165, 1.54) is 7.11 Å². The molecule has 0 bridgehead atoms. The highest BCUT2D eigenvalue weighted by Gasteiger charge is 2.79. The second kappa shape index (κ2) is 13.4. The van der Waals surface area contributed by atoms with Gasteiger partial charge in [-0.3, -0.25) is 14.4 Å². The summed E-state index contributed by atoms with van der Waals surface area (Å²) < 4.78 is 5.07. The van der Waals surface area contributed by atoms with Crippen LogP contribution < -0.4 is 21.7 Å². The van der Waals surface area contributed by atoms with Gasteiger partial charge in [-0.15, -0.1) is 0 Å². The van der Waals surface area contributed by atoms with Crippen molar-refractivity contribution in [1.82, 2.24) is 16.0 Å². The monoisotopic (exact) mass is 682 g/mol.